The molecule has 0 fully saturated rings. The lowest BCUT2D eigenvalue weighted by Crippen LogP contribution is -2.00. The molecule has 0 atom stereocenters. The number of nitrogens with one attached hydrogen (secondary N) is 1. The molecule has 102 valence electrons. The van der Waals surface area contributed by atoms with Crippen molar-refractivity contribution in [3.63, 3.8) is 0 Å². The third kappa shape index (κ3) is 2.80. The highest BCUT2D eigenvalue weighted by atomic mass is 35.5. The zero-order chi connectivity index (χ0) is 13.9. The number of thiophene rings is 1. The van der Waals surface area contributed by atoms with Gasteiger partial charge in [-0.1, -0.05) is 40.5 Å². The van der Waals surface area contributed by atoms with Crippen molar-refractivity contribution in [1.29, 1.82) is 0 Å². The fourth-order valence-corrected chi connectivity index (χ4v) is 2.66. The summed E-state index contributed by atoms with van der Waals surface area (Å²) < 4.78 is 5.19. The lowest BCUT2D eigenvalue weighted by atomic mass is 10.3. The summed E-state index contributed by atoms with van der Waals surface area (Å²) in [5.41, 5.74) is 0.732. The average molecular weight is 326 g/mol. The Bertz CT molecular complexity index is 712. The van der Waals surface area contributed by atoms with E-state index in [-0.39, 0.29) is 0 Å². The molecule has 0 aliphatic heterocycles. The molecule has 1 aromatic carbocycles. The molecule has 0 spiro atoms. The van der Waals surface area contributed by atoms with E-state index in [0.717, 1.165) is 10.6 Å². The lowest BCUT2D eigenvalue weighted by molar-refractivity contribution is 0.384. The van der Waals surface area contributed by atoms with Crippen LogP contribution in [0, 0.1) is 0 Å². The van der Waals surface area contributed by atoms with Crippen molar-refractivity contribution in [3.8, 4) is 10.7 Å². The van der Waals surface area contributed by atoms with Gasteiger partial charge in [0.1, 0.15) is 0 Å². The molecule has 3 rings (SSSR count). The summed E-state index contributed by atoms with van der Waals surface area (Å²) in [4.78, 5) is 5.29. The standard InChI is InChI=1S/C13H9Cl2N3OS/c14-8-3-1-4-9(12(8)15)16-7-11-17-13(18-19-11)10-5-2-6-20-10/h1-6,16H,7H2. The van der Waals surface area contributed by atoms with E-state index in [1.165, 1.54) is 0 Å². The quantitative estimate of drug-likeness (QED) is 0.754. The number of halogens is 2. The molecule has 0 radical (unpaired) electrons. The third-order valence-corrected chi connectivity index (χ3v) is 4.28. The number of nitrogens with zero attached hydrogens (tertiary/aromatic N) is 2. The van der Waals surface area contributed by atoms with Crippen molar-refractivity contribution in [2.24, 2.45) is 0 Å². The van der Waals surface area contributed by atoms with Crippen molar-refractivity contribution in [2.45, 2.75) is 6.54 Å². The van der Waals surface area contributed by atoms with Gasteiger partial charge >= 0.3 is 0 Å². The van der Waals surface area contributed by atoms with Gasteiger partial charge in [-0.3, -0.25) is 0 Å². The van der Waals surface area contributed by atoms with Gasteiger partial charge in [0, 0.05) is 0 Å². The number of aromatic nitrogens is 2. The predicted octanol–water partition coefficient (Wildman–Crippen LogP) is 4.72. The van der Waals surface area contributed by atoms with Crippen LogP contribution in [0.4, 0.5) is 5.69 Å². The minimum Gasteiger partial charge on any atom is -0.375 e. The Morgan fingerprint density at radius 1 is 1.20 bits per heavy atom. The van der Waals surface area contributed by atoms with Crippen LogP contribution in [0.15, 0.2) is 40.2 Å². The highest BCUT2D eigenvalue weighted by Gasteiger charge is 2.10. The van der Waals surface area contributed by atoms with Crippen LogP contribution in [0.25, 0.3) is 10.7 Å². The highest BCUT2D eigenvalue weighted by molar-refractivity contribution is 7.13. The van der Waals surface area contributed by atoms with Crippen LogP contribution in [0.1, 0.15) is 5.89 Å². The molecular formula is C13H9Cl2N3OS. The van der Waals surface area contributed by atoms with Crippen LogP contribution in [-0.2, 0) is 6.54 Å². The second-order valence-electron chi connectivity index (χ2n) is 3.94. The van der Waals surface area contributed by atoms with E-state index >= 15 is 0 Å². The van der Waals surface area contributed by atoms with Crippen molar-refractivity contribution in [1.82, 2.24) is 10.1 Å². The summed E-state index contributed by atoms with van der Waals surface area (Å²) in [6.07, 6.45) is 0. The van der Waals surface area contributed by atoms with Crippen molar-refractivity contribution < 1.29 is 4.52 Å². The van der Waals surface area contributed by atoms with Crippen molar-refractivity contribution in [2.75, 3.05) is 5.32 Å². The van der Waals surface area contributed by atoms with Crippen molar-refractivity contribution in [3.05, 3.63) is 51.6 Å². The van der Waals surface area contributed by atoms with Gasteiger partial charge in [-0.25, -0.2) is 0 Å². The molecular weight excluding hydrogens is 317 g/mol. The van der Waals surface area contributed by atoms with E-state index in [9.17, 15) is 0 Å². The van der Waals surface area contributed by atoms with E-state index in [1.807, 2.05) is 29.6 Å². The van der Waals surface area contributed by atoms with Gasteiger partial charge in [-0.2, -0.15) is 4.98 Å². The molecule has 0 amide bonds. The van der Waals surface area contributed by atoms with Crippen LogP contribution >= 0.6 is 34.5 Å². The predicted molar refractivity (Wildman–Crippen MR) is 81.4 cm³/mol. The van der Waals surface area contributed by atoms with E-state index in [4.69, 9.17) is 27.7 Å². The minimum absolute atomic E-state index is 0.387. The molecule has 4 nitrogen and oxygen atoms in total. The second-order valence-corrected chi connectivity index (χ2v) is 5.68. The first kappa shape index (κ1) is 13.4. The van der Waals surface area contributed by atoms with Gasteiger partial charge in [0.25, 0.3) is 0 Å². The summed E-state index contributed by atoms with van der Waals surface area (Å²) >= 11 is 13.6. The molecule has 0 bridgehead atoms. The Morgan fingerprint density at radius 2 is 2.10 bits per heavy atom. The van der Waals surface area contributed by atoms with Crippen LogP contribution in [0.3, 0.4) is 0 Å². The summed E-state index contributed by atoms with van der Waals surface area (Å²) in [6, 6.07) is 9.28. The third-order valence-electron chi connectivity index (χ3n) is 2.59. The number of anilines is 1. The van der Waals surface area contributed by atoms with Gasteiger partial charge < -0.3 is 9.84 Å². The maximum atomic E-state index is 6.09. The molecule has 0 unspecified atom stereocenters. The first-order chi connectivity index (χ1) is 9.74. The smallest absolute Gasteiger partial charge is 0.246 e. The van der Waals surface area contributed by atoms with Gasteiger partial charge in [-0.15, -0.1) is 11.3 Å². The average Bonchev–Trinajstić information content (AvgIpc) is 3.10. The maximum absolute atomic E-state index is 6.09. The van der Waals surface area contributed by atoms with E-state index in [0.29, 0.717) is 28.3 Å². The Hall–Kier alpha value is -1.56. The minimum atomic E-state index is 0.387. The molecule has 3 aromatic rings. The molecule has 7 heteroatoms. The summed E-state index contributed by atoms with van der Waals surface area (Å²) in [7, 11) is 0. The molecule has 0 saturated heterocycles. The van der Waals surface area contributed by atoms with Crippen LogP contribution in [-0.4, -0.2) is 10.1 Å². The van der Waals surface area contributed by atoms with Gasteiger partial charge in [0.2, 0.25) is 11.7 Å². The van der Waals surface area contributed by atoms with Crippen LogP contribution < -0.4 is 5.32 Å². The largest absolute Gasteiger partial charge is 0.375 e. The highest BCUT2D eigenvalue weighted by Crippen LogP contribution is 2.30. The summed E-state index contributed by atoms with van der Waals surface area (Å²) in [6.45, 7) is 0.387. The second kappa shape index (κ2) is 5.83. The normalized spacial score (nSPS) is 10.7. The summed E-state index contributed by atoms with van der Waals surface area (Å²) in [5.74, 6) is 1.08. The van der Waals surface area contributed by atoms with Crippen LogP contribution in [0.2, 0.25) is 10.0 Å². The fourth-order valence-electron chi connectivity index (χ4n) is 1.64. The molecule has 1 N–H and O–H groups in total. The molecule has 20 heavy (non-hydrogen) atoms. The zero-order valence-corrected chi connectivity index (χ0v) is 12.5. The Kier molecular flexibility index (Phi) is 3.91. The van der Waals surface area contributed by atoms with Crippen LogP contribution in [0.5, 0.6) is 0 Å². The van der Waals surface area contributed by atoms with Gasteiger partial charge in [-0.05, 0) is 23.6 Å². The van der Waals surface area contributed by atoms with E-state index in [2.05, 4.69) is 15.5 Å². The number of benzene rings is 1. The monoisotopic (exact) mass is 325 g/mol. The molecule has 0 saturated carbocycles. The van der Waals surface area contributed by atoms with Gasteiger partial charge in [0.15, 0.2) is 0 Å². The lowest BCUT2D eigenvalue weighted by Gasteiger charge is -2.06. The summed E-state index contributed by atoms with van der Waals surface area (Å²) in [5, 5.41) is 10.0. The first-order valence-electron chi connectivity index (χ1n) is 5.78. The fraction of sp³-hybridized carbons (Fsp3) is 0.0769. The Balaban J connectivity index is 1.71. The topological polar surface area (TPSA) is 51.0 Å². The maximum Gasteiger partial charge on any atom is 0.246 e. The molecule has 0 aliphatic carbocycles. The first-order valence-corrected chi connectivity index (χ1v) is 7.42. The van der Waals surface area contributed by atoms with E-state index in [1.54, 1.807) is 17.4 Å². The van der Waals surface area contributed by atoms with Gasteiger partial charge in [0.05, 0.1) is 27.2 Å². The number of hydrogen-bond donors (Lipinski definition) is 1. The Labute approximate surface area is 129 Å². The number of hydrogen-bond acceptors (Lipinski definition) is 5. The SMILES string of the molecule is Clc1cccc(NCc2nc(-c3cccs3)no2)c1Cl. The molecule has 2 heterocycles. The number of rotatable bonds is 4. The Morgan fingerprint density at radius 3 is 2.90 bits per heavy atom. The molecule has 0 aliphatic rings. The van der Waals surface area contributed by atoms with E-state index < -0.39 is 0 Å². The zero-order valence-electron chi connectivity index (χ0n) is 10.1. The van der Waals surface area contributed by atoms with Crippen molar-refractivity contribution >= 4 is 40.2 Å². The molecule has 2 aromatic heterocycles.